The highest BCUT2D eigenvalue weighted by Crippen LogP contribution is 2.18. The lowest BCUT2D eigenvalue weighted by Crippen LogP contribution is -2.23. The maximum Gasteiger partial charge on any atom is 0.274 e. The number of amides is 1. The van der Waals surface area contributed by atoms with Crippen LogP contribution in [0.1, 0.15) is 10.5 Å². The molecule has 2 heterocycles. The van der Waals surface area contributed by atoms with E-state index in [4.69, 9.17) is 11.6 Å². The van der Waals surface area contributed by atoms with Gasteiger partial charge in [-0.2, -0.15) is 4.52 Å². The van der Waals surface area contributed by atoms with Crippen LogP contribution in [0.4, 0.5) is 5.69 Å². The van der Waals surface area contributed by atoms with Crippen molar-refractivity contribution in [2.24, 2.45) is 0 Å². The SMILES string of the molecule is O=C(Nc1ccc(Cl)cc1)c1cc2nccc(=O)n2n1-c1ccccc1. The topological polar surface area (TPSA) is 68.4 Å². The number of rotatable bonds is 3. The summed E-state index contributed by atoms with van der Waals surface area (Å²) in [5.74, 6) is -0.360. The molecule has 0 saturated carbocycles. The molecule has 0 aliphatic heterocycles. The molecule has 0 unspecified atom stereocenters. The van der Waals surface area contributed by atoms with Crippen molar-refractivity contribution in [2.45, 2.75) is 0 Å². The van der Waals surface area contributed by atoms with E-state index in [1.54, 1.807) is 35.0 Å². The van der Waals surface area contributed by atoms with Crippen LogP contribution in [0.15, 0.2) is 77.7 Å². The van der Waals surface area contributed by atoms with Gasteiger partial charge in [0.15, 0.2) is 5.65 Å². The summed E-state index contributed by atoms with van der Waals surface area (Å²) in [7, 11) is 0. The van der Waals surface area contributed by atoms with Crippen LogP contribution >= 0.6 is 11.6 Å². The predicted octanol–water partition coefficient (Wildman–Crippen LogP) is 3.39. The van der Waals surface area contributed by atoms with E-state index in [0.29, 0.717) is 27.7 Å². The van der Waals surface area contributed by atoms with Gasteiger partial charge in [0.05, 0.1) is 5.69 Å². The molecule has 6 nitrogen and oxygen atoms in total. The normalized spacial score (nSPS) is 10.8. The molecule has 0 spiro atoms. The summed E-state index contributed by atoms with van der Waals surface area (Å²) in [5.41, 5.74) is 1.69. The molecule has 0 fully saturated rings. The second-order valence-corrected chi connectivity index (χ2v) is 6.03. The van der Waals surface area contributed by atoms with Crippen LogP contribution in [0.5, 0.6) is 0 Å². The molecule has 2 aromatic carbocycles. The van der Waals surface area contributed by atoms with E-state index in [1.165, 1.54) is 16.8 Å². The van der Waals surface area contributed by atoms with Crippen molar-refractivity contribution in [3.63, 3.8) is 0 Å². The molecule has 0 bridgehead atoms. The van der Waals surface area contributed by atoms with E-state index in [1.807, 2.05) is 30.3 Å². The first kappa shape index (κ1) is 16.1. The van der Waals surface area contributed by atoms with E-state index in [9.17, 15) is 9.59 Å². The zero-order valence-electron chi connectivity index (χ0n) is 13.5. The van der Waals surface area contributed by atoms with Gasteiger partial charge in [-0.25, -0.2) is 9.67 Å². The smallest absolute Gasteiger partial charge is 0.274 e. The zero-order valence-corrected chi connectivity index (χ0v) is 14.2. The Hall–Kier alpha value is -3.38. The fourth-order valence-electron chi connectivity index (χ4n) is 2.72. The van der Waals surface area contributed by atoms with Crippen molar-refractivity contribution >= 4 is 28.8 Å². The van der Waals surface area contributed by atoms with Crippen molar-refractivity contribution in [3.05, 3.63) is 94.0 Å². The summed E-state index contributed by atoms with van der Waals surface area (Å²) < 4.78 is 2.92. The van der Waals surface area contributed by atoms with Gasteiger partial charge in [0.1, 0.15) is 5.69 Å². The third-order valence-corrected chi connectivity index (χ3v) is 4.13. The van der Waals surface area contributed by atoms with E-state index >= 15 is 0 Å². The molecule has 2 aromatic heterocycles. The Bertz CT molecular complexity index is 1150. The lowest BCUT2D eigenvalue weighted by atomic mass is 10.3. The summed E-state index contributed by atoms with van der Waals surface area (Å²) in [6.07, 6.45) is 1.42. The minimum Gasteiger partial charge on any atom is -0.321 e. The van der Waals surface area contributed by atoms with Gasteiger partial charge in [-0.05, 0) is 36.4 Å². The Morgan fingerprint density at radius 3 is 2.46 bits per heavy atom. The largest absolute Gasteiger partial charge is 0.321 e. The fourth-order valence-corrected chi connectivity index (χ4v) is 2.85. The Balaban J connectivity index is 1.86. The highest BCUT2D eigenvalue weighted by molar-refractivity contribution is 6.30. The van der Waals surface area contributed by atoms with Gasteiger partial charge in [-0.15, -0.1) is 0 Å². The standard InChI is InChI=1S/C19H13ClN4O2/c20-13-6-8-14(9-7-13)22-19(26)16-12-17-21-11-10-18(25)24(17)23(16)15-4-2-1-3-5-15/h1-12H,(H,22,26). The number of nitrogens with one attached hydrogen (secondary N) is 1. The number of anilines is 1. The molecule has 0 saturated heterocycles. The number of benzene rings is 2. The molecule has 7 heteroatoms. The molecule has 0 atom stereocenters. The molecule has 0 aliphatic carbocycles. The number of hydrogen-bond acceptors (Lipinski definition) is 3. The van der Waals surface area contributed by atoms with E-state index < -0.39 is 0 Å². The molecule has 1 N–H and O–H groups in total. The van der Waals surface area contributed by atoms with Crippen LogP contribution in [0.3, 0.4) is 0 Å². The number of aromatic nitrogens is 3. The van der Waals surface area contributed by atoms with Crippen molar-refractivity contribution in [1.82, 2.24) is 14.2 Å². The molecule has 4 aromatic rings. The van der Waals surface area contributed by atoms with E-state index in [0.717, 1.165) is 0 Å². The second kappa shape index (κ2) is 6.50. The van der Waals surface area contributed by atoms with Crippen LogP contribution in [0.2, 0.25) is 5.02 Å². The van der Waals surface area contributed by atoms with Gasteiger partial charge in [0, 0.05) is 29.0 Å². The van der Waals surface area contributed by atoms with Crippen molar-refractivity contribution in [3.8, 4) is 5.69 Å². The number of halogens is 1. The minimum absolute atomic E-state index is 0.274. The van der Waals surface area contributed by atoms with E-state index in [-0.39, 0.29) is 11.5 Å². The lowest BCUT2D eigenvalue weighted by Gasteiger charge is -2.11. The lowest BCUT2D eigenvalue weighted by molar-refractivity contribution is 0.101. The number of nitrogens with zero attached hydrogens (tertiary/aromatic N) is 3. The molecule has 0 aliphatic rings. The minimum atomic E-state index is -0.360. The summed E-state index contributed by atoms with van der Waals surface area (Å²) in [5, 5.41) is 3.40. The first-order valence-electron chi connectivity index (χ1n) is 7.85. The molecular formula is C19H13ClN4O2. The third kappa shape index (κ3) is 2.87. The Morgan fingerprint density at radius 2 is 1.73 bits per heavy atom. The first-order chi connectivity index (χ1) is 12.6. The maximum atomic E-state index is 12.9. The third-order valence-electron chi connectivity index (χ3n) is 3.88. The summed E-state index contributed by atoms with van der Waals surface area (Å²) in [4.78, 5) is 29.4. The number of para-hydroxylation sites is 1. The number of fused-ring (bicyclic) bond motifs is 1. The summed E-state index contributed by atoms with van der Waals surface area (Å²) in [6, 6.07) is 18.9. The average molecular weight is 365 g/mol. The molecular weight excluding hydrogens is 352 g/mol. The first-order valence-corrected chi connectivity index (χ1v) is 8.23. The molecule has 4 rings (SSSR count). The van der Waals surface area contributed by atoms with Gasteiger partial charge in [-0.3, -0.25) is 9.59 Å². The van der Waals surface area contributed by atoms with E-state index in [2.05, 4.69) is 10.3 Å². The van der Waals surface area contributed by atoms with Gasteiger partial charge in [0.2, 0.25) is 0 Å². The van der Waals surface area contributed by atoms with Gasteiger partial charge in [-0.1, -0.05) is 29.8 Å². The van der Waals surface area contributed by atoms with Gasteiger partial charge >= 0.3 is 0 Å². The van der Waals surface area contributed by atoms with Crippen LogP contribution in [0.25, 0.3) is 11.3 Å². The summed E-state index contributed by atoms with van der Waals surface area (Å²) >= 11 is 5.88. The van der Waals surface area contributed by atoms with Crippen molar-refractivity contribution in [1.29, 1.82) is 0 Å². The van der Waals surface area contributed by atoms with Crippen molar-refractivity contribution < 1.29 is 4.79 Å². The molecule has 26 heavy (non-hydrogen) atoms. The Kier molecular flexibility index (Phi) is 4.02. The molecule has 1 amide bonds. The molecule has 128 valence electrons. The maximum absolute atomic E-state index is 12.9. The highest BCUT2D eigenvalue weighted by atomic mass is 35.5. The highest BCUT2D eigenvalue weighted by Gasteiger charge is 2.18. The summed E-state index contributed by atoms with van der Waals surface area (Å²) in [6.45, 7) is 0. The zero-order chi connectivity index (χ0) is 18.1. The van der Waals surface area contributed by atoms with Crippen molar-refractivity contribution in [2.75, 3.05) is 5.32 Å². The fraction of sp³-hybridized carbons (Fsp3) is 0. The quantitative estimate of drug-likeness (QED) is 0.606. The predicted molar refractivity (Wildman–Crippen MR) is 100 cm³/mol. The number of hydrogen-bond donors (Lipinski definition) is 1. The van der Waals surface area contributed by atoms with Crippen LogP contribution in [-0.4, -0.2) is 20.1 Å². The Labute approximate surface area is 153 Å². The van der Waals surface area contributed by atoms with Crippen LogP contribution in [0, 0.1) is 0 Å². The van der Waals surface area contributed by atoms with Gasteiger partial charge in [0.25, 0.3) is 11.5 Å². The number of carbonyl (C=O) groups is 1. The average Bonchev–Trinajstić information content (AvgIpc) is 3.05. The monoisotopic (exact) mass is 364 g/mol. The molecule has 0 radical (unpaired) electrons. The van der Waals surface area contributed by atoms with Gasteiger partial charge < -0.3 is 5.32 Å². The number of carbonyl (C=O) groups excluding carboxylic acids is 1. The Morgan fingerprint density at radius 1 is 1.00 bits per heavy atom. The second-order valence-electron chi connectivity index (χ2n) is 5.59. The van der Waals surface area contributed by atoms with Crippen LogP contribution in [-0.2, 0) is 0 Å². The van der Waals surface area contributed by atoms with Crippen LogP contribution < -0.4 is 10.9 Å².